The summed E-state index contributed by atoms with van der Waals surface area (Å²) >= 11 is 0. The van der Waals surface area contributed by atoms with Gasteiger partial charge in [0, 0.05) is 0 Å². The predicted molar refractivity (Wildman–Crippen MR) is 89.9 cm³/mol. The Morgan fingerprint density at radius 2 is 1.56 bits per heavy atom. The van der Waals surface area contributed by atoms with E-state index in [0.29, 0.717) is 5.75 Å². The fourth-order valence-corrected chi connectivity index (χ4v) is 3.37. The number of nitrogens with one attached hydrogen (secondary N) is 1. The number of ether oxygens (including phenoxy) is 1. The van der Waals surface area contributed by atoms with E-state index in [1.165, 1.54) is 36.4 Å². The molecule has 0 bridgehead atoms. The second-order valence-electron chi connectivity index (χ2n) is 5.29. The molecule has 2 aromatic rings. The minimum atomic E-state index is -4.79. The van der Waals surface area contributed by atoms with Crippen molar-refractivity contribution in [2.45, 2.75) is 9.95 Å². The highest BCUT2D eigenvalue weighted by molar-refractivity contribution is 7.93. The number of carboxylic acid groups (broad SMARTS) is 1. The number of hydrogen-bond donors (Lipinski definition) is 4. The molecule has 0 aliphatic heterocycles. The molecule has 144 valence electrons. The summed E-state index contributed by atoms with van der Waals surface area (Å²) in [5, 5.41) is 17.2. The number of amides is 1. The van der Waals surface area contributed by atoms with Crippen molar-refractivity contribution < 1.29 is 37.3 Å². The summed E-state index contributed by atoms with van der Waals surface area (Å²) in [4.78, 5) is 21.6. The molecule has 0 saturated carbocycles. The highest BCUT2D eigenvalue weighted by Gasteiger charge is 2.49. The molecule has 1 atom stereocenters. The van der Waals surface area contributed by atoms with E-state index in [1.807, 2.05) is 0 Å². The first-order valence-electron chi connectivity index (χ1n) is 7.33. The molecular formula is C16H15FN2O7S. The molecule has 0 radical (unpaired) electrons. The average molecular weight is 398 g/mol. The van der Waals surface area contributed by atoms with Gasteiger partial charge in [0.15, 0.2) is 0 Å². The number of carbonyl (C=O) groups is 2. The minimum absolute atomic E-state index is 0.196. The van der Waals surface area contributed by atoms with Gasteiger partial charge in [0.2, 0.25) is 9.84 Å². The third-order valence-electron chi connectivity index (χ3n) is 3.39. The van der Waals surface area contributed by atoms with Crippen LogP contribution < -0.4 is 15.8 Å². The molecule has 27 heavy (non-hydrogen) atoms. The van der Waals surface area contributed by atoms with Gasteiger partial charge in [-0.15, -0.1) is 0 Å². The quantitative estimate of drug-likeness (QED) is 0.459. The number of primary amides is 1. The highest BCUT2D eigenvalue weighted by atomic mass is 32.2. The van der Waals surface area contributed by atoms with Gasteiger partial charge < -0.3 is 20.7 Å². The summed E-state index contributed by atoms with van der Waals surface area (Å²) in [5.41, 5.74) is 4.95. The van der Waals surface area contributed by atoms with Crippen molar-refractivity contribution in [3.8, 4) is 11.5 Å². The molecule has 0 aromatic heterocycles. The predicted octanol–water partition coefficient (Wildman–Crippen LogP) is 0.197. The normalized spacial score (nSPS) is 13.6. The van der Waals surface area contributed by atoms with Crippen molar-refractivity contribution in [2.75, 3.05) is 6.54 Å². The van der Waals surface area contributed by atoms with Crippen LogP contribution in [0, 0.1) is 5.82 Å². The zero-order valence-electron chi connectivity index (χ0n) is 13.6. The fourth-order valence-electron chi connectivity index (χ4n) is 2.01. The van der Waals surface area contributed by atoms with E-state index < -0.39 is 44.0 Å². The lowest BCUT2D eigenvalue weighted by molar-refractivity contribution is -0.138. The van der Waals surface area contributed by atoms with Crippen LogP contribution in [0.3, 0.4) is 0 Å². The lowest BCUT2D eigenvalue weighted by Gasteiger charge is -2.25. The topological polar surface area (TPSA) is 156 Å². The van der Waals surface area contributed by atoms with E-state index in [9.17, 15) is 27.5 Å². The average Bonchev–Trinajstić information content (AvgIpc) is 2.61. The van der Waals surface area contributed by atoms with Gasteiger partial charge in [0.25, 0.3) is 5.91 Å². The summed E-state index contributed by atoms with van der Waals surface area (Å²) < 4.78 is 43.3. The van der Waals surface area contributed by atoms with Crippen LogP contribution >= 0.6 is 0 Å². The van der Waals surface area contributed by atoms with Gasteiger partial charge >= 0.3 is 11.0 Å². The Kier molecular flexibility index (Phi) is 5.78. The number of rotatable bonds is 8. The minimum Gasteiger partial charge on any atom is -0.480 e. The molecule has 0 aliphatic rings. The van der Waals surface area contributed by atoms with Gasteiger partial charge in [-0.05, 0) is 48.5 Å². The number of hydrogen-bond acceptors (Lipinski definition) is 7. The number of carboxylic acids is 1. The van der Waals surface area contributed by atoms with Crippen molar-refractivity contribution in [3.05, 3.63) is 54.3 Å². The largest absolute Gasteiger partial charge is 0.480 e. The number of nitrogens with two attached hydrogens (primary N) is 1. The van der Waals surface area contributed by atoms with Crippen LogP contribution in [0.15, 0.2) is 53.4 Å². The molecule has 0 spiro atoms. The van der Waals surface area contributed by atoms with E-state index in [0.717, 1.165) is 12.1 Å². The monoisotopic (exact) mass is 398 g/mol. The van der Waals surface area contributed by atoms with Gasteiger partial charge in [-0.2, -0.15) is 0 Å². The zero-order chi connectivity index (χ0) is 20.2. The first kappa shape index (κ1) is 20.3. The van der Waals surface area contributed by atoms with Crippen molar-refractivity contribution in [1.82, 2.24) is 5.32 Å². The summed E-state index contributed by atoms with van der Waals surface area (Å²) in [7, 11) is -4.79. The number of sulfone groups is 1. The number of aliphatic hydroxyl groups is 1. The third kappa shape index (κ3) is 4.39. The second kappa shape index (κ2) is 7.70. The molecule has 0 saturated heterocycles. The number of aliphatic carboxylic acids is 1. The van der Waals surface area contributed by atoms with E-state index in [4.69, 9.17) is 15.6 Å². The Morgan fingerprint density at radius 1 is 1.07 bits per heavy atom. The van der Waals surface area contributed by atoms with Crippen LogP contribution in [0.25, 0.3) is 0 Å². The van der Waals surface area contributed by atoms with Crippen LogP contribution in [-0.4, -0.2) is 42.1 Å². The Morgan fingerprint density at radius 3 is 2.00 bits per heavy atom. The van der Waals surface area contributed by atoms with E-state index in [2.05, 4.69) is 0 Å². The first-order valence-corrected chi connectivity index (χ1v) is 8.82. The van der Waals surface area contributed by atoms with Crippen LogP contribution in [0.2, 0.25) is 0 Å². The maximum Gasteiger partial charge on any atom is 0.317 e. The SMILES string of the molecule is NC(=O)C(O)(NCC(=O)O)S(=O)(=O)c1ccc(Oc2ccc(F)cc2)cc1. The summed E-state index contributed by atoms with van der Waals surface area (Å²) in [6.07, 6.45) is 0. The number of halogens is 1. The van der Waals surface area contributed by atoms with E-state index >= 15 is 0 Å². The van der Waals surface area contributed by atoms with Gasteiger partial charge in [0.1, 0.15) is 17.3 Å². The molecule has 1 amide bonds. The Labute approximate surface area is 153 Å². The Hall–Kier alpha value is -3.02. The molecule has 2 aromatic carbocycles. The van der Waals surface area contributed by atoms with Gasteiger partial charge in [-0.1, -0.05) is 0 Å². The van der Waals surface area contributed by atoms with Crippen LogP contribution in [0.4, 0.5) is 4.39 Å². The molecule has 9 nitrogen and oxygen atoms in total. The van der Waals surface area contributed by atoms with Crippen molar-refractivity contribution in [1.29, 1.82) is 0 Å². The standard InChI is InChI=1S/C16H15FN2O7S/c17-10-1-3-11(4-2-10)26-12-5-7-13(8-6-12)27(24,25)16(23,15(18)22)19-9-14(20)21/h1-8,19,23H,9H2,(H2,18,22)(H,20,21). The molecule has 2 rings (SSSR count). The van der Waals surface area contributed by atoms with Crippen LogP contribution in [0.1, 0.15) is 0 Å². The second-order valence-corrected chi connectivity index (χ2v) is 7.36. The molecule has 0 heterocycles. The Bertz CT molecular complexity index is 946. The fraction of sp³-hybridized carbons (Fsp3) is 0.125. The molecule has 5 N–H and O–H groups in total. The van der Waals surface area contributed by atoms with Crippen LogP contribution in [0.5, 0.6) is 11.5 Å². The smallest absolute Gasteiger partial charge is 0.317 e. The van der Waals surface area contributed by atoms with Crippen molar-refractivity contribution in [2.24, 2.45) is 5.73 Å². The van der Waals surface area contributed by atoms with Crippen molar-refractivity contribution >= 4 is 21.7 Å². The molecule has 0 aliphatic carbocycles. The van der Waals surface area contributed by atoms with Crippen molar-refractivity contribution in [3.63, 3.8) is 0 Å². The molecule has 11 heteroatoms. The summed E-state index contributed by atoms with van der Waals surface area (Å²) in [6, 6.07) is 9.60. The van der Waals surface area contributed by atoms with Gasteiger partial charge in [0.05, 0.1) is 11.4 Å². The third-order valence-corrected chi connectivity index (χ3v) is 5.40. The van der Waals surface area contributed by atoms with E-state index in [-0.39, 0.29) is 5.75 Å². The Balaban J connectivity index is 2.28. The maximum atomic E-state index is 12.9. The van der Waals surface area contributed by atoms with Gasteiger partial charge in [-0.25, -0.2) is 12.8 Å². The molecule has 1 unspecified atom stereocenters. The number of carbonyl (C=O) groups excluding carboxylic acids is 1. The lowest BCUT2D eigenvalue weighted by atomic mass is 10.3. The van der Waals surface area contributed by atoms with Crippen LogP contribution in [-0.2, 0) is 19.4 Å². The van der Waals surface area contributed by atoms with Gasteiger partial charge in [-0.3, -0.25) is 14.9 Å². The summed E-state index contributed by atoms with van der Waals surface area (Å²) in [6.45, 7) is -1.02. The molecular weight excluding hydrogens is 383 g/mol. The number of benzene rings is 2. The summed E-state index contributed by atoms with van der Waals surface area (Å²) in [5.74, 6) is -3.16. The van der Waals surface area contributed by atoms with E-state index in [1.54, 1.807) is 5.32 Å². The first-order chi connectivity index (χ1) is 12.6. The lowest BCUT2D eigenvalue weighted by Crippen LogP contribution is -2.61. The zero-order valence-corrected chi connectivity index (χ0v) is 14.4. The maximum absolute atomic E-state index is 12.9. The molecule has 0 fully saturated rings. The highest BCUT2D eigenvalue weighted by Crippen LogP contribution is 2.26.